The maximum Gasteiger partial charge on any atom is 0.330 e. The van der Waals surface area contributed by atoms with Gasteiger partial charge < -0.3 is 10.6 Å². The first kappa shape index (κ1) is 17.0. The van der Waals surface area contributed by atoms with Gasteiger partial charge in [0, 0.05) is 22.3 Å². The molecule has 1 aliphatic heterocycles. The van der Waals surface area contributed by atoms with Crippen LogP contribution in [0.4, 0.5) is 14.0 Å². The quantitative estimate of drug-likeness (QED) is 0.825. The lowest BCUT2D eigenvalue weighted by molar-refractivity contribution is 0.173. The Kier molecular flexibility index (Phi) is 5.01. The molecule has 23 heavy (non-hydrogen) atoms. The second-order valence-electron chi connectivity index (χ2n) is 4.85. The number of nitrogens with zero attached hydrogens (tertiary/aromatic N) is 2. The number of imide groups is 1. The van der Waals surface area contributed by atoms with E-state index in [1.165, 1.54) is 25.1 Å². The minimum absolute atomic E-state index is 0.0661. The van der Waals surface area contributed by atoms with Crippen LogP contribution in [0.25, 0.3) is 0 Å². The minimum Gasteiger partial charge on any atom is -0.338 e. The highest BCUT2D eigenvalue weighted by Crippen LogP contribution is 2.35. The normalized spacial score (nSPS) is 17.6. The average molecular weight is 381 g/mol. The largest absolute Gasteiger partial charge is 0.338 e. The molecule has 0 aromatic heterocycles. The summed E-state index contributed by atoms with van der Waals surface area (Å²) < 4.78 is 14.9. The fraction of sp³-hybridized carbons (Fsp3) is 0.267. The van der Waals surface area contributed by atoms with Crippen LogP contribution in [0.3, 0.4) is 0 Å². The molecule has 1 unspecified atom stereocenters. The van der Waals surface area contributed by atoms with Gasteiger partial charge in [-0.1, -0.05) is 15.9 Å². The molecule has 0 saturated carbocycles. The molecule has 2 N–H and O–H groups in total. The van der Waals surface area contributed by atoms with Gasteiger partial charge in [0.2, 0.25) is 0 Å². The topological polar surface area (TPSA) is 85.2 Å². The summed E-state index contributed by atoms with van der Waals surface area (Å²) in [7, 11) is 0. The van der Waals surface area contributed by atoms with Gasteiger partial charge in [-0.05, 0) is 32.0 Å². The molecular weight excluding hydrogens is 367 g/mol. The number of halogens is 2. The van der Waals surface area contributed by atoms with Crippen molar-refractivity contribution in [3.05, 3.63) is 45.3 Å². The van der Waals surface area contributed by atoms with E-state index in [2.05, 4.69) is 26.6 Å². The van der Waals surface area contributed by atoms with Crippen LogP contribution < -0.4 is 10.6 Å². The van der Waals surface area contributed by atoms with Gasteiger partial charge in [0.25, 0.3) is 0 Å². The van der Waals surface area contributed by atoms with Gasteiger partial charge in [-0.3, -0.25) is 0 Å². The number of nitrogens with one attached hydrogen (secondary N) is 2. The van der Waals surface area contributed by atoms with Crippen LogP contribution in [0.1, 0.15) is 25.5 Å². The fourth-order valence-corrected chi connectivity index (χ4v) is 2.73. The van der Waals surface area contributed by atoms with Gasteiger partial charge in [0.15, 0.2) is 0 Å². The number of amides is 4. The second kappa shape index (κ2) is 6.79. The summed E-state index contributed by atoms with van der Waals surface area (Å²) in [5, 5.41) is 14.4. The molecule has 8 heteroatoms. The van der Waals surface area contributed by atoms with E-state index in [1.54, 1.807) is 6.92 Å². The van der Waals surface area contributed by atoms with E-state index in [-0.39, 0.29) is 11.1 Å². The number of urea groups is 2. The van der Waals surface area contributed by atoms with E-state index >= 15 is 0 Å². The third-order valence-corrected chi connectivity index (χ3v) is 3.86. The number of hydrogen-bond acceptors (Lipinski definition) is 3. The summed E-state index contributed by atoms with van der Waals surface area (Å²) in [5.41, 5.74) is 0.464. The number of carbonyl (C=O) groups is 2. The Balaban J connectivity index is 2.66. The summed E-state index contributed by atoms with van der Waals surface area (Å²) >= 11 is 3.24. The number of allylic oxidation sites excluding steroid dienone is 1. The predicted molar refractivity (Wildman–Crippen MR) is 84.6 cm³/mol. The van der Waals surface area contributed by atoms with E-state index in [0.29, 0.717) is 16.7 Å². The molecule has 1 aromatic rings. The molecular formula is C15H14BrFN4O2. The van der Waals surface area contributed by atoms with Crippen molar-refractivity contribution in [2.24, 2.45) is 0 Å². The smallest absolute Gasteiger partial charge is 0.330 e. The Morgan fingerprint density at radius 3 is 2.87 bits per heavy atom. The first-order valence-corrected chi connectivity index (χ1v) is 7.63. The van der Waals surface area contributed by atoms with Gasteiger partial charge in [0.05, 0.1) is 11.6 Å². The Labute approximate surface area is 141 Å². The molecule has 120 valence electrons. The van der Waals surface area contributed by atoms with Crippen molar-refractivity contribution in [3.8, 4) is 6.07 Å². The lowest BCUT2D eigenvalue weighted by Gasteiger charge is -2.35. The Morgan fingerprint density at radius 1 is 1.57 bits per heavy atom. The first-order chi connectivity index (χ1) is 10.9. The van der Waals surface area contributed by atoms with Gasteiger partial charge >= 0.3 is 12.1 Å². The Bertz CT molecular complexity index is 741. The molecule has 1 aromatic carbocycles. The summed E-state index contributed by atoms with van der Waals surface area (Å²) in [6.45, 7) is 3.52. The Hall–Kier alpha value is -2.40. The van der Waals surface area contributed by atoms with Crippen LogP contribution in [0.2, 0.25) is 0 Å². The SMILES string of the molecule is CCNC(=O)N1C(=O)NC(C)=C(C#N)C1c1cc(Br)ccc1F. The molecule has 1 aliphatic rings. The van der Waals surface area contributed by atoms with Gasteiger partial charge in [-0.2, -0.15) is 5.26 Å². The molecule has 0 aliphatic carbocycles. The number of carbonyl (C=O) groups excluding carboxylic acids is 2. The highest BCUT2D eigenvalue weighted by Gasteiger charge is 2.40. The molecule has 0 bridgehead atoms. The summed E-state index contributed by atoms with van der Waals surface area (Å²) in [5.74, 6) is -0.609. The van der Waals surface area contributed by atoms with Crippen molar-refractivity contribution >= 4 is 28.0 Å². The van der Waals surface area contributed by atoms with Gasteiger partial charge in [0.1, 0.15) is 11.9 Å². The van der Waals surface area contributed by atoms with Crippen LogP contribution in [-0.2, 0) is 0 Å². The zero-order valence-corrected chi connectivity index (χ0v) is 14.1. The van der Waals surface area contributed by atoms with E-state index < -0.39 is 23.9 Å². The second-order valence-corrected chi connectivity index (χ2v) is 5.77. The maximum absolute atomic E-state index is 14.3. The van der Waals surface area contributed by atoms with E-state index in [1.807, 2.05) is 6.07 Å². The van der Waals surface area contributed by atoms with Crippen molar-refractivity contribution in [2.75, 3.05) is 6.54 Å². The van der Waals surface area contributed by atoms with E-state index in [0.717, 1.165) is 4.90 Å². The standard InChI is InChI=1S/C15H14BrFN4O2/c1-3-19-14(22)21-13(10-6-9(16)4-5-12(10)17)11(7-18)8(2)20-15(21)23/h4-6,13H,3H2,1-2H3,(H,19,22)(H,20,23). The highest BCUT2D eigenvalue weighted by atomic mass is 79.9. The van der Waals surface area contributed by atoms with Crippen LogP contribution in [0, 0.1) is 17.1 Å². The third-order valence-electron chi connectivity index (χ3n) is 3.37. The molecule has 6 nitrogen and oxygen atoms in total. The molecule has 1 heterocycles. The summed E-state index contributed by atoms with van der Waals surface area (Å²) in [6.07, 6.45) is 0. The van der Waals surface area contributed by atoms with Crippen molar-refractivity contribution in [2.45, 2.75) is 19.9 Å². The van der Waals surface area contributed by atoms with Gasteiger partial charge in [-0.25, -0.2) is 18.9 Å². The van der Waals surface area contributed by atoms with Crippen molar-refractivity contribution in [1.29, 1.82) is 5.26 Å². The molecule has 0 radical (unpaired) electrons. The zero-order chi connectivity index (χ0) is 17.1. The minimum atomic E-state index is -1.13. The summed E-state index contributed by atoms with van der Waals surface area (Å²) in [6, 6.07) is 3.59. The molecule has 0 saturated heterocycles. The van der Waals surface area contributed by atoms with E-state index in [4.69, 9.17) is 0 Å². The average Bonchev–Trinajstić information content (AvgIpc) is 2.49. The number of nitriles is 1. The van der Waals surface area contributed by atoms with Crippen LogP contribution >= 0.6 is 15.9 Å². The predicted octanol–water partition coefficient (Wildman–Crippen LogP) is 3.18. The van der Waals surface area contributed by atoms with Gasteiger partial charge in [-0.15, -0.1) is 0 Å². The van der Waals surface area contributed by atoms with Crippen molar-refractivity contribution < 1.29 is 14.0 Å². The lowest BCUT2D eigenvalue weighted by Crippen LogP contribution is -2.53. The highest BCUT2D eigenvalue weighted by molar-refractivity contribution is 9.10. The maximum atomic E-state index is 14.3. The third kappa shape index (κ3) is 3.19. The monoisotopic (exact) mass is 380 g/mol. The van der Waals surface area contributed by atoms with E-state index in [9.17, 15) is 19.2 Å². The van der Waals surface area contributed by atoms with Crippen LogP contribution in [0.15, 0.2) is 33.9 Å². The molecule has 2 rings (SSSR count). The number of benzene rings is 1. The summed E-state index contributed by atoms with van der Waals surface area (Å²) in [4.78, 5) is 25.3. The first-order valence-electron chi connectivity index (χ1n) is 6.84. The molecule has 4 amide bonds. The van der Waals surface area contributed by atoms with Crippen LogP contribution in [0.5, 0.6) is 0 Å². The fourth-order valence-electron chi connectivity index (χ4n) is 2.35. The number of rotatable bonds is 2. The van der Waals surface area contributed by atoms with Crippen molar-refractivity contribution in [1.82, 2.24) is 15.5 Å². The Morgan fingerprint density at radius 2 is 2.26 bits per heavy atom. The number of hydrogen-bond donors (Lipinski definition) is 2. The molecule has 1 atom stereocenters. The van der Waals surface area contributed by atoms with Crippen LogP contribution in [-0.4, -0.2) is 23.5 Å². The zero-order valence-electron chi connectivity index (χ0n) is 12.5. The molecule has 0 fully saturated rings. The molecule has 0 spiro atoms. The van der Waals surface area contributed by atoms with Crippen molar-refractivity contribution in [3.63, 3.8) is 0 Å². The lowest BCUT2D eigenvalue weighted by atomic mass is 9.94.